The zero-order chi connectivity index (χ0) is 15.5. The van der Waals surface area contributed by atoms with Crippen molar-refractivity contribution in [2.75, 3.05) is 0 Å². The summed E-state index contributed by atoms with van der Waals surface area (Å²) in [5.74, 6) is -7.33. The third-order valence-electron chi connectivity index (χ3n) is 1.48. The third-order valence-corrected chi connectivity index (χ3v) is 3.27. The van der Waals surface area contributed by atoms with Crippen LogP contribution in [0.3, 0.4) is 0 Å². The van der Waals surface area contributed by atoms with Crippen LogP contribution in [0.1, 0.15) is 0 Å². The maximum Gasteiger partial charge on any atom is 0.446 e. The van der Waals surface area contributed by atoms with Gasteiger partial charge >= 0.3 is 25.3 Å². The molecule has 14 heteroatoms. The Hall–Kier alpha value is 0.240. The molecule has 0 aromatic carbocycles. The molecule has 0 amide bonds. The zero-order valence-electron chi connectivity index (χ0n) is 7.40. The molecule has 1 atom stereocenters. The predicted molar refractivity (Wildman–Crippen MR) is 46.9 cm³/mol. The standard InChI is InChI=1S/C4HF12IS/c5-1(3(8,9)17)2(6,7)4(10,11)18(12,13,14,15)16/h1H. The lowest BCUT2D eigenvalue weighted by molar-refractivity contribution is -0.233. The largest absolute Gasteiger partial charge is 0.446 e. The highest BCUT2D eigenvalue weighted by Gasteiger charge is 2.93. The van der Waals surface area contributed by atoms with Crippen LogP contribution in [0.5, 0.6) is 0 Å². The molecule has 18 heavy (non-hydrogen) atoms. The van der Waals surface area contributed by atoms with Gasteiger partial charge in [-0.2, -0.15) is 26.3 Å². The van der Waals surface area contributed by atoms with E-state index in [9.17, 15) is 50.2 Å². The first-order valence-corrected chi connectivity index (χ1v) is 6.37. The summed E-state index contributed by atoms with van der Waals surface area (Å²) in [6, 6.07) is 0. The van der Waals surface area contributed by atoms with Crippen molar-refractivity contribution in [1.82, 2.24) is 0 Å². The fourth-order valence-corrected chi connectivity index (χ4v) is 1.62. The minimum atomic E-state index is -12.2. The minimum absolute atomic E-state index is 0.515. The molecule has 0 radical (unpaired) electrons. The Bertz CT molecular complexity index is 334. The van der Waals surface area contributed by atoms with Crippen LogP contribution in [0.2, 0.25) is 0 Å². The Labute approximate surface area is 105 Å². The summed E-state index contributed by atoms with van der Waals surface area (Å²) in [7, 11) is -12.2. The van der Waals surface area contributed by atoms with Crippen molar-refractivity contribution >= 4 is 32.8 Å². The van der Waals surface area contributed by atoms with E-state index < -0.39 is 54.1 Å². The van der Waals surface area contributed by atoms with Crippen LogP contribution in [0, 0.1) is 0 Å². The molecule has 1 unspecified atom stereocenters. The summed E-state index contributed by atoms with van der Waals surface area (Å²) in [6.45, 7) is 0. The predicted octanol–water partition coefficient (Wildman–Crippen LogP) is 5.88. The molecule has 0 heterocycles. The van der Waals surface area contributed by atoms with E-state index >= 15 is 0 Å². The van der Waals surface area contributed by atoms with Crippen molar-refractivity contribution in [1.29, 1.82) is 0 Å². The third kappa shape index (κ3) is 2.87. The van der Waals surface area contributed by atoms with E-state index in [4.69, 9.17) is 0 Å². The number of alkyl halides is 8. The molecule has 0 rings (SSSR count). The lowest BCUT2D eigenvalue weighted by Gasteiger charge is -2.48. The molecule has 0 saturated carbocycles. The molecule has 0 saturated heterocycles. The highest BCUT2D eigenvalue weighted by Crippen LogP contribution is 3.05. The summed E-state index contributed by atoms with van der Waals surface area (Å²) in [5.41, 5.74) is 0. The van der Waals surface area contributed by atoms with Crippen LogP contribution in [-0.4, -0.2) is 21.3 Å². The first-order chi connectivity index (χ1) is 7.15. The Morgan fingerprint density at radius 1 is 0.778 bits per heavy atom. The van der Waals surface area contributed by atoms with E-state index in [2.05, 4.69) is 0 Å². The lowest BCUT2D eigenvalue weighted by atomic mass is 10.2. The lowest BCUT2D eigenvalue weighted by Crippen LogP contribution is -2.57. The molecule has 0 aliphatic carbocycles. The molecule has 0 aromatic heterocycles. The molecule has 0 aliphatic heterocycles. The first-order valence-electron chi connectivity index (χ1n) is 3.34. The van der Waals surface area contributed by atoms with Crippen molar-refractivity contribution in [3.05, 3.63) is 0 Å². The molecule has 0 nitrogen and oxygen atoms in total. The maximum atomic E-state index is 12.3. The van der Waals surface area contributed by atoms with E-state index in [0.717, 1.165) is 0 Å². The molecule has 0 fully saturated rings. The fraction of sp³-hybridized carbons (Fsp3) is 1.00. The van der Waals surface area contributed by atoms with Gasteiger partial charge in [0.2, 0.25) is 6.17 Å². The minimum Gasteiger partial charge on any atom is -0.233 e. The van der Waals surface area contributed by atoms with Crippen molar-refractivity contribution in [2.45, 2.75) is 21.3 Å². The number of halogens is 13. The van der Waals surface area contributed by atoms with E-state index in [1.807, 2.05) is 0 Å². The van der Waals surface area contributed by atoms with E-state index in [1.54, 1.807) is 0 Å². The van der Waals surface area contributed by atoms with Crippen molar-refractivity contribution < 1.29 is 50.2 Å². The fourth-order valence-electron chi connectivity index (χ4n) is 0.610. The van der Waals surface area contributed by atoms with Gasteiger partial charge in [-0.1, -0.05) is 19.4 Å². The summed E-state index contributed by atoms with van der Waals surface area (Å²) in [4.78, 5) is 0. The summed E-state index contributed by atoms with van der Waals surface area (Å²) in [5, 5.41) is -8.22. The second-order valence-corrected chi connectivity index (χ2v) is 6.90. The summed E-state index contributed by atoms with van der Waals surface area (Å²) < 4.78 is 138. The van der Waals surface area contributed by atoms with Crippen LogP contribution in [0.15, 0.2) is 0 Å². The topological polar surface area (TPSA) is 0 Å². The second-order valence-electron chi connectivity index (χ2n) is 3.01. The van der Waals surface area contributed by atoms with Crippen LogP contribution in [-0.2, 0) is 0 Å². The van der Waals surface area contributed by atoms with Gasteiger partial charge in [0.15, 0.2) is 0 Å². The average Bonchev–Trinajstić information content (AvgIpc) is 1.95. The van der Waals surface area contributed by atoms with Gasteiger partial charge in [-0.25, -0.2) is 4.39 Å². The smallest absolute Gasteiger partial charge is 0.233 e. The van der Waals surface area contributed by atoms with Crippen molar-refractivity contribution in [3.8, 4) is 0 Å². The molecule has 0 aromatic rings. The van der Waals surface area contributed by atoms with Crippen LogP contribution in [0.25, 0.3) is 0 Å². The Morgan fingerprint density at radius 3 is 1.22 bits per heavy atom. The average molecular weight is 436 g/mol. The van der Waals surface area contributed by atoms with Gasteiger partial charge in [-0.15, -0.1) is 0 Å². The van der Waals surface area contributed by atoms with Crippen LogP contribution in [0.4, 0.5) is 50.2 Å². The van der Waals surface area contributed by atoms with Gasteiger partial charge < -0.3 is 0 Å². The van der Waals surface area contributed by atoms with Crippen LogP contribution < -0.4 is 0 Å². The van der Waals surface area contributed by atoms with E-state index in [1.165, 1.54) is 0 Å². The van der Waals surface area contributed by atoms with Crippen molar-refractivity contribution in [2.24, 2.45) is 0 Å². The van der Waals surface area contributed by atoms with Gasteiger partial charge in [0.05, 0.1) is 0 Å². The Kier molecular flexibility index (Phi) is 3.51. The highest BCUT2D eigenvalue weighted by atomic mass is 127. The monoisotopic (exact) mass is 436 g/mol. The Balaban J connectivity index is 5.94. The molecule has 114 valence electrons. The summed E-state index contributed by atoms with van der Waals surface area (Å²) >= 11 is -0.515. The highest BCUT2D eigenvalue weighted by molar-refractivity contribution is 14.1. The van der Waals surface area contributed by atoms with Gasteiger partial charge in [0.1, 0.15) is 0 Å². The van der Waals surface area contributed by atoms with Gasteiger partial charge in [-0.05, 0) is 0 Å². The molecule has 0 N–H and O–H groups in total. The van der Waals surface area contributed by atoms with E-state index in [0.29, 0.717) is 0 Å². The van der Waals surface area contributed by atoms with Gasteiger partial charge in [-0.3, -0.25) is 0 Å². The SMILES string of the molecule is FC(C(F)(F)I)C(F)(F)C(F)(F)S(F)(F)(F)(F)F. The number of rotatable bonds is 4. The molecule has 0 aliphatic rings. The first kappa shape index (κ1) is 18.2. The quantitative estimate of drug-likeness (QED) is 0.294. The second kappa shape index (κ2) is 3.46. The zero-order valence-corrected chi connectivity index (χ0v) is 10.4. The maximum absolute atomic E-state index is 12.3. The van der Waals surface area contributed by atoms with Crippen LogP contribution >= 0.6 is 32.8 Å². The number of hydrogen-bond donors (Lipinski definition) is 0. The van der Waals surface area contributed by atoms with Gasteiger partial charge in [0, 0.05) is 22.6 Å². The molecule has 0 spiro atoms. The molecular weight excluding hydrogens is 435 g/mol. The van der Waals surface area contributed by atoms with Crippen molar-refractivity contribution in [3.63, 3.8) is 0 Å². The normalized spacial score (nSPS) is 21.2. The molecular formula is C4HF12IS. The van der Waals surface area contributed by atoms with E-state index in [-0.39, 0.29) is 0 Å². The van der Waals surface area contributed by atoms with Gasteiger partial charge in [0.25, 0.3) is 0 Å². The Morgan fingerprint density at radius 2 is 1.06 bits per heavy atom. The molecule has 0 bridgehead atoms. The number of hydrogen-bond acceptors (Lipinski definition) is 0. The summed E-state index contributed by atoms with van der Waals surface area (Å²) in [6.07, 6.45) is -5.45.